The Morgan fingerprint density at radius 3 is 2.72 bits per heavy atom. The summed E-state index contributed by atoms with van der Waals surface area (Å²) in [6.07, 6.45) is 1.67. The predicted molar refractivity (Wildman–Crippen MR) is 113 cm³/mol. The van der Waals surface area contributed by atoms with Crippen LogP contribution < -0.4 is 10.1 Å². The van der Waals surface area contributed by atoms with Gasteiger partial charge in [-0.3, -0.25) is 4.79 Å². The van der Waals surface area contributed by atoms with E-state index in [0.29, 0.717) is 27.6 Å². The zero-order valence-corrected chi connectivity index (χ0v) is 18.2. The van der Waals surface area contributed by atoms with E-state index < -0.39 is 0 Å². The third kappa shape index (κ3) is 5.10. The monoisotopic (exact) mass is 434 g/mol. The first kappa shape index (κ1) is 21.2. The van der Waals surface area contributed by atoms with Crippen molar-refractivity contribution in [2.24, 2.45) is 7.05 Å². The lowest BCUT2D eigenvalue weighted by Gasteiger charge is -2.14. The number of nitrogens with zero attached hydrogens (tertiary/aromatic N) is 5. The van der Waals surface area contributed by atoms with Crippen molar-refractivity contribution in [3.8, 4) is 5.75 Å². The Labute approximate surface area is 178 Å². The summed E-state index contributed by atoms with van der Waals surface area (Å²) in [5, 5.41) is 16.3. The molecule has 1 aromatic carbocycles. The molecule has 0 aliphatic heterocycles. The van der Waals surface area contributed by atoms with Crippen LogP contribution in [0.3, 0.4) is 0 Å². The molecule has 1 atom stereocenters. The molecular weight excluding hydrogens is 412 g/mol. The Kier molecular flexibility index (Phi) is 6.81. The molecule has 0 aliphatic carbocycles. The number of carbonyl (C=O) groups excluding carboxylic acids is 1. The Bertz CT molecular complexity index is 987. The summed E-state index contributed by atoms with van der Waals surface area (Å²) >= 11 is 7.43. The van der Waals surface area contributed by atoms with Crippen molar-refractivity contribution in [2.45, 2.75) is 43.8 Å². The van der Waals surface area contributed by atoms with Gasteiger partial charge in [-0.05, 0) is 32.9 Å². The van der Waals surface area contributed by atoms with Gasteiger partial charge in [0, 0.05) is 19.2 Å². The van der Waals surface area contributed by atoms with Crippen LogP contribution in [0.25, 0.3) is 0 Å². The van der Waals surface area contributed by atoms with E-state index in [1.165, 1.54) is 11.8 Å². The summed E-state index contributed by atoms with van der Waals surface area (Å²) < 4.78 is 9.30. The van der Waals surface area contributed by atoms with Gasteiger partial charge in [-0.15, -0.1) is 10.2 Å². The van der Waals surface area contributed by atoms with Crippen molar-refractivity contribution < 1.29 is 9.53 Å². The highest BCUT2D eigenvalue weighted by molar-refractivity contribution is 8.00. The van der Waals surface area contributed by atoms with Crippen molar-refractivity contribution in [1.82, 2.24) is 24.5 Å². The molecule has 10 heteroatoms. The highest BCUT2D eigenvalue weighted by Crippen LogP contribution is 2.26. The molecule has 1 N–H and O–H groups in total. The zero-order chi connectivity index (χ0) is 21.0. The molecule has 0 fully saturated rings. The van der Waals surface area contributed by atoms with Gasteiger partial charge in [-0.1, -0.05) is 35.5 Å². The van der Waals surface area contributed by atoms with Crippen LogP contribution >= 0.6 is 23.4 Å². The number of para-hydroxylation sites is 1. The van der Waals surface area contributed by atoms with E-state index in [-0.39, 0.29) is 23.8 Å². The Morgan fingerprint density at radius 1 is 1.24 bits per heavy atom. The fraction of sp³-hybridized carbons (Fsp3) is 0.368. The first-order valence-corrected chi connectivity index (χ1v) is 10.4. The maximum atomic E-state index is 12.6. The van der Waals surface area contributed by atoms with Crippen LogP contribution in [0.15, 0.2) is 41.7 Å². The van der Waals surface area contributed by atoms with Crippen LogP contribution in [0.5, 0.6) is 5.75 Å². The first-order valence-electron chi connectivity index (χ1n) is 9.13. The van der Waals surface area contributed by atoms with Crippen molar-refractivity contribution in [2.75, 3.05) is 5.32 Å². The van der Waals surface area contributed by atoms with E-state index in [4.69, 9.17) is 16.3 Å². The highest BCUT2D eigenvalue weighted by atomic mass is 35.5. The van der Waals surface area contributed by atoms with Gasteiger partial charge in [-0.2, -0.15) is 5.10 Å². The van der Waals surface area contributed by atoms with Gasteiger partial charge in [0.1, 0.15) is 18.2 Å². The molecule has 0 radical (unpaired) electrons. The molecule has 0 saturated carbocycles. The van der Waals surface area contributed by atoms with E-state index in [1.54, 1.807) is 29.1 Å². The average molecular weight is 435 g/mol. The lowest BCUT2D eigenvalue weighted by Crippen LogP contribution is -2.25. The molecule has 3 aromatic rings. The summed E-state index contributed by atoms with van der Waals surface area (Å²) in [5.41, 5.74) is 0. The lowest BCUT2D eigenvalue weighted by atomic mass is 10.3. The minimum Gasteiger partial charge on any atom is -0.484 e. The second kappa shape index (κ2) is 9.32. The van der Waals surface area contributed by atoms with Gasteiger partial charge >= 0.3 is 0 Å². The maximum absolute atomic E-state index is 12.6. The van der Waals surface area contributed by atoms with Gasteiger partial charge in [0.05, 0.1) is 16.5 Å². The van der Waals surface area contributed by atoms with Crippen molar-refractivity contribution >= 4 is 35.1 Å². The third-order valence-electron chi connectivity index (χ3n) is 4.18. The number of amides is 1. The van der Waals surface area contributed by atoms with E-state index in [2.05, 4.69) is 20.6 Å². The van der Waals surface area contributed by atoms with E-state index in [1.807, 2.05) is 44.5 Å². The molecule has 0 saturated heterocycles. The number of thioether (sulfide) groups is 1. The van der Waals surface area contributed by atoms with Gasteiger partial charge in [-0.25, -0.2) is 4.68 Å². The molecule has 0 spiro atoms. The quantitative estimate of drug-likeness (QED) is 0.540. The van der Waals surface area contributed by atoms with E-state index >= 15 is 0 Å². The van der Waals surface area contributed by atoms with Crippen LogP contribution in [0.2, 0.25) is 5.02 Å². The Morgan fingerprint density at radius 2 is 2.00 bits per heavy atom. The molecule has 3 rings (SSSR count). The molecule has 0 aliphatic rings. The number of aromatic nitrogens is 5. The normalized spacial score (nSPS) is 12.2. The number of hydrogen-bond donors (Lipinski definition) is 1. The van der Waals surface area contributed by atoms with Crippen LogP contribution in [-0.2, 0) is 18.4 Å². The molecule has 0 bridgehead atoms. The summed E-state index contributed by atoms with van der Waals surface area (Å²) in [6, 6.07) is 9.19. The topological polar surface area (TPSA) is 86.9 Å². The Hall–Kier alpha value is -2.52. The Balaban J connectivity index is 1.60. The lowest BCUT2D eigenvalue weighted by molar-refractivity contribution is -0.115. The standard InChI is InChI=1S/C19H23ClN6O2S/c1-12(2)26-16(9-10-21-26)22-18(27)13(3)29-19-24-23-17(25(19)4)11-28-15-8-6-5-7-14(15)20/h5-10,12-13H,11H2,1-4H3,(H,22,27). The van der Waals surface area contributed by atoms with Crippen molar-refractivity contribution in [3.63, 3.8) is 0 Å². The molecule has 154 valence electrons. The zero-order valence-electron chi connectivity index (χ0n) is 16.7. The van der Waals surface area contributed by atoms with Crippen molar-refractivity contribution in [1.29, 1.82) is 0 Å². The second-order valence-corrected chi connectivity index (χ2v) is 8.40. The smallest absolute Gasteiger partial charge is 0.238 e. The SMILES string of the molecule is CC(Sc1nnc(COc2ccccc2Cl)n1C)C(=O)Nc1ccnn1C(C)C. The molecule has 8 nitrogen and oxygen atoms in total. The number of carbonyl (C=O) groups is 1. The summed E-state index contributed by atoms with van der Waals surface area (Å²) in [7, 11) is 1.84. The fourth-order valence-electron chi connectivity index (χ4n) is 2.54. The molecule has 1 unspecified atom stereocenters. The van der Waals surface area contributed by atoms with Gasteiger partial charge in [0.25, 0.3) is 0 Å². The number of nitrogens with one attached hydrogen (secondary N) is 1. The largest absolute Gasteiger partial charge is 0.484 e. The summed E-state index contributed by atoms with van der Waals surface area (Å²) in [5.74, 6) is 1.76. The number of benzene rings is 1. The van der Waals surface area contributed by atoms with Crippen LogP contribution in [0.4, 0.5) is 5.82 Å². The van der Waals surface area contributed by atoms with Gasteiger partial charge < -0.3 is 14.6 Å². The van der Waals surface area contributed by atoms with Crippen LogP contribution in [0, 0.1) is 0 Å². The first-order chi connectivity index (χ1) is 13.9. The number of anilines is 1. The number of rotatable bonds is 8. The van der Waals surface area contributed by atoms with Crippen LogP contribution in [0.1, 0.15) is 32.6 Å². The summed E-state index contributed by atoms with van der Waals surface area (Å²) in [4.78, 5) is 12.6. The van der Waals surface area contributed by atoms with Crippen molar-refractivity contribution in [3.05, 3.63) is 47.4 Å². The minimum atomic E-state index is -0.370. The molecule has 29 heavy (non-hydrogen) atoms. The molecule has 1 amide bonds. The number of ether oxygens (including phenoxy) is 1. The maximum Gasteiger partial charge on any atom is 0.238 e. The van der Waals surface area contributed by atoms with Crippen LogP contribution in [-0.4, -0.2) is 35.7 Å². The average Bonchev–Trinajstić information content (AvgIpc) is 3.28. The molecular formula is C19H23ClN6O2S. The molecule has 2 heterocycles. The number of halogens is 1. The molecule has 2 aromatic heterocycles. The third-order valence-corrected chi connectivity index (χ3v) is 5.63. The fourth-order valence-corrected chi connectivity index (χ4v) is 3.57. The van der Waals surface area contributed by atoms with Gasteiger partial charge in [0.15, 0.2) is 11.0 Å². The minimum absolute atomic E-state index is 0.130. The highest BCUT2D eigenvalue weighted by Gasteiger charge is 2.20. The van der Waals surface area contributed by atoms with Gasteiger partial charge in [0.2, 0.25) is 5.91 Å². The summed E-state index contributed by atoms with van der Waals surface area (Å²) in [6.45, 7) is 6.06. The van der Waals surface area contributed by atoms with E-state index in [0.717, 1.165) is 0 Å². The second-order valence-electron chi connectivity index (χ2n) is 6.68. The number of hydrogen-bond acceptors (Lipinski definition) is 6. The van der Waals surface area contributed by atoms with E-state index in [9.17, 15) is 4.79 Å². The predicted octanol–water partition coefficient (Wildman–Crippen LogP) is 3.94.